The number of carbonyl (C=O) groups excluding carboxylic acids is 2. The van der Waals surface area contributed by atoms with Crippen molar-refractivity contribution < 1.29 is 14.0 Å². The van der Waals surface area contributed by atoms with E-state index in [1.165, 1.54) is 24.6 Å². The molecule has 1 amide bonds. The molecule has 0 saturated heterocycles. The third kappa shape index (κ3) is 7.28. The summed E-state index contributed by atoms with van der Waals surface area (Å²) in [5.74, 6) is 1.32. The molecule has 0 spiro atoms. The van der Waals surface area contributed by atoms with Gasteiger partial charge in [-0.05, 0) is 31.1 Å². The molecule has 1 saturated carbocycles. The number of rotatable bonds is 9. The first-order valence-electron chi connectivity index (χ1n) is 10.2. The number of aromatic nitrogens is 2. The van der Waals surface area contributed by atoms with Crippen LogP contribution in [0.4, 0.5) is 0 Å². The van der Waals surface area contributed by atoms with Gasteiger partial charge in [0.05, 0.1) is 6.04 Å². The van der Waals surface area contributed by atoms with E-state index >= 15 is 0 Å². The minimum Gasteiger partial charge on any atom is -0.408 e. The molecule has 1 aliphatic rings. The summed E-state index contributed by atoms with van der Waals surface area (Å²) in [7, 11) is 0. The summed E-state index contributed by atoms with van der Waals surface area (Å²) >= 11 is 1.45. The Bertz CT molecular complexity index is 607. The molecule has 7 heteroatoms. The molecule has 1 unspecified atom stereocenters. The molecule has 0 aromatic carbocycles. The second-order valence-corrected chi connectivity index (χ2v) is 9.29. The monoisotopic (exact) mass is 395 g/mol. The fourth-order valence-electron chi connectivity index (χ4n) is 3.29. The SMILES string of the molecule is CC(C)CSc1nnc(C(=O)C(CC(C)C)NC(=O)C2CCCCCC2)o1. The molecule has 0 radical (unpaired) electrons. The Labute approximate surface area is 166 Å². The van der Waals surface area contributed by atoms with Crippen LogP contribution in [0.15, 0.2) is 9.64 Å². The highest BCUT2D eigenvalue weighted by Gasteiger charge is 2.30. The number of hydrogen-bond donors (Lipinski definition) is 1. The average Bonchev–Trinajstić information content (AvgIpc) is 2.91. The van der Waals surface area contributed by atoms with Crippen LogP contribution in [0.1, 0.15) is 83.3 Å². The lowest BCUT2D eigenvalue weighted by Crippen LogP contribution is -2.44. The van der Waals surface area contributed by atoms with Crippen molar-refractivity contribution in [3.63, 3.8) is 0 Å². The Morgan fingerprint density at radius 2 is 1.74 bits per heavy atom. The zero-order chi connectivity index (χ0) is 19.8. The molecule has 0 bridgehead atoms. The van der Waals surface area contributed by atoms with Crippen molar-refractivity contribution in [3.05, 3.63) is 5.89 Å². The zero-order valence-electron chi connectivity index (χ0n) is 17.0. The Morgan fingerprint density at radius 1 is 1.07 bits per heavy atom. The van der Waals surface area contributed by atoms with E-state index in [4.69, 9.17) is 4.42 Å². The minimum absolute atomic E-state index is 0.00641. The Morgan fingerprint density at radius 3 is 2.33 bits per heavy atom. The molecule has 1 atom stereocenters. The lowest BCUT2D eigenvalue weighted by Gasteiger charge is -2.21. The van der Waals surface area contributed by atoms with Gasteiger partial charge in [-0.25, -0.2) is 0 Å². The smallest absolute Gasteiger partial charge is 0.286 e. The van der Waals surface area contributed by atoms with Crippen molar-refractivity contribution in [2.45, 2.75) is 83.9 Å². The number of amides is 1. The molecular formula is C20H33N3O3S. The van der Waals surface area contributed by atoms with Crippen LogP contribution in [0, 0.1) is 17.8 Å². The summed E-state index contributed by atoms with van der Waals surface area (Å²) < 4.78 is 5.55. The summed E-state index contributed by atoms with van der Waals surface area (Å²) in [6.45, 7) is 8.29. The number of nitrogens with one attached hydrogen (secondary N) is 1. The van der Waals surface area contributed by atoms with E-state index in [2.05, 4.69) is 29.4 Å². The molecule has 2 rings (SSSR count). The van der Waals surface area contributed by atoms with Crippen molar-refractivity contribution >= 4 is 23.5 Å². The van der Waals surface area contributed by atoms with Gasteiger partial charge in [-0.1, -0.05) is 65.1 Å². The Hall–Kier alpha value is -1.37. The van der Waals surface area contributed by atoms with E-state index in [1.54, 1.807) is 0 Å². The van der Waals surface area contributed by atoms with Crippen LogP contribution in [-0.2, 0) is 4.79 Å². The minimum atomic E-state index is -0.607. The van der Waals surface area contributed by atoms with Crippen LogP contribution >= 0.6 is 11.8 Å². The average molecular weight is 396 g/mol. The number of thioether (sulfide) groups is 1. The highest BCUT2D eigenvalue weighted by molar-refractivity contribution is 7.99. The second-order valence-electron chi connectivity index (χ2n) is 8.32. The summed E-state index contributed by atoms with van der Waals surface area (Å²) in [5, 5.41) is 11.3. The van der Waals surface area contributed by atoms with E-state index in [-0.39, 0.29) is 29.4 Å². The van der Waals surface area contributed by atoms with E-state index in [0.717, 1.165) is 31.4 Å². The molecule has 1 heterocycles. The quantitative estimate of drug-likeness (QED) is 0.376. The van der Waals surface area contributed by atoms with Gasteiger partial charge in [-0.15, -0.1) is 10.2 Å². The van der Waals surface area contributed by atoms with Crippen LogP contribution in [0.5, 0.6) is 0 Å². The Kier molecular flexibility index (Phi) is 8.80. The standard InChI is InChI=1S/C20H33N3O3S/c1-13(2)11-16(21-18(25)15-9-7-5-6-8-10-15)17(24)19-22-23-20(26-19)27-12-14(3)4/h13-16H,5-12H2,1-4H3,(H,21,25). The maximum atomic E-state index is 12.9. The Balaban J connectivity index is 2.03. The first-order chi connectivity index (χ1) is 12.9. The number of hydrogen-bond acceptors (Lipinski definition) is 6. The van der Waals surface area contributed by atoms with Crippen molar-refractivity contribution in [1.29, 1.82) is 0 Å². The molecule has 1 aliphatic carbocycles. The highest BCUT2D eigenvalue weighted by atomic mass is 32.2. The third-order valence-corrected chi connectivity index (χ3v) is 5.97. The van der Waals surface area contributed by atoms with Crippen molar-refractivity contribution in [2.75, 3.05) is 5.75 Å². The van der Waals surface area contributed by atoms with Gasteiger partial charge in [-0.2, -0.15) is 0 Å². The van der Waals surface area contributed by atoms with E-state index in [0.29, 0.717) is 17.6 Å². The van der Waals surface area contributed by atoms with Crippen LogP contribution in [0.3, 0.4) is 0 Å². The normalized spacial score (nSPS) is 17.1. The second kappa shape index (κ2) is 10.8. The largest absolute Gasteiger partial charge is 0.408 e. The van der Waals surface area contributed by atoms with Gasteiger partial charge >= 0.3 is 0 Å². The van der Waals surface area contributed by atoms with Gasteiger partial charge in [0, 0.05) is 11.7 Å². The van der Waals surface area contributed by atoms with Crippen LogP contribution < -0.4 is 5.32 Å². The van der Waals surface area contributed by atoms with Gasteiger partial charge in [0.1, 0.15) is 0 Å². The van der Waals surface area contributed by atoms with Crippen molar-refractivity contribution in [2.24, 2.45) is 17.8 Å². The van der Waals surface area contributed by atoms with Crippen molar-refractivity contribution in [3.8, 4) is 0 Å². The molecule has 0 aliphatic heterocycles. The van der Waals surface area contributed by atoms with Crippen LogP contribution in [0.25, 0.3) is 0 Å². The maximum absolute atomic E-state index is 12.9. The van der Waals surface area contributed by atoms with Crippen molar-refractivity contribution in [1.82, 2.24) is 15.5 Å². The number of ketones is 1. The third-order valence-electron chi connectivity index (χ3n) is 4.72. The van der Waals surface area contributed by atoms with Gasteiger partial charge in [0.2, 0.25) is 11.7 Å². The molecule has 1 N–H and O–H groups in total. The summed E-state index contributed by atoms with van der Waals surface area (Å²) in [6.07, 6.45) is 6.93. The number of nitrogens with zero attached hydrogens (tertiary/aromatic N) is 2. The fraction of sp³-hybridized carbons (Fsp3) is 0.800. The van der Waals surface area contributed by atoms with Gasteiger partial charge in [0.15, 0.2) is 0 Å². The summed E-state index contributed by atoms with van der Waals surface area (Å²) in [5.41, 5.74) is 0. The first-order valence-corrected chi connectivity index (χ1v) is 11.2. The van der Waals surface area contributed by atoms with Crippen LogP contribution in [0.2, 0.25) is 0 Å². The molecular weight excluding hydrogens is 362 g/mol. The van der Waals surface area contributed by atoms with Gasteiger partial charge < -0.3 is 9.73 Å². The molecule has 152 valence electrons. The molecule has 1 fully saturated rings. The zero-order valence-corrected chi connectivity index (χ0v) is 17.8. The lowest BCUT2D eigenvalue weighted by molar-refractivity contribution is -0.126. The number of Topliss-reactive ketones (excluding diaryl/α,β-unsaturated/α-hetero) is 1. The van der Waals surface area contributed by atoms with E-state index in [9.17, 15) is 9.59 Å². The predicted molar refractivity (Wildman–Crippen MR) is 107 cm³/mol. The fourth-order valence-corrected chi connectivity index (χ4v) is 4.00. The summed E-state index contributed by atoms with van der Waals surface area (Å²) in [6, 6.07) is -0.607. The number of carbonyl (C=O) groups is 2. The van der Waals surface area contributed by atoms with Crippen LogP contribution in [-0.4, -0.2) is 33.7 Å². The maximum Gasteiger partial charge on any atom is 0.286 e. The first kappa shape index (κ1) is 21.9. The van der Waals surface area contributed by atoms with Gasteiger partial charge in [0.25, 0.3) is 11.1 Å². The lowest BCUT2D eigenvalue weighted by atomic mass is 9.96. The van der Waals surface area contributed by atoms with E-state index < -0.39 is 6.04 Å². The molecule has 1 aromatic heterocycles. The summed E-state index contributed by atoms with van der Waals surface area (Å²) in [4.78, 5) is 25.6. The molecule has 6 nitrogen and oxygen atoms in total. The molecule has 1 aromatic rings. The molecule has 27 heavy (non-hydrogen) atoms. The van der Waals surface area contributed by atoms with Gasteiger partial charge in [-0.3, -0.25) is 9.59 Å². The van der Waals surface area contributed by atoms with E-state index in [1.807, 2.05) is 13.8 Å². The topological polar surface area (TPSA) is 85.1 Å². The highest BCUT2D eigenvalue weighted by Crippen LogP contribution is 2.24. The predicted octanol–water partition coefficient (Wildman–Crippen LogP) is 4.50.